The summed E-state index contributed by atoms with van der Waals surface area (Å²) < 4.78 is 19.9. The van der Waals surface area contributed by atoms with E-state index in [2.05, 4.69) is 4.98 Å². The van der Waals surface area contributed by atoms with Gasteiger partial charge in [0.2, 0.25) is 0 Å². The number of fused-ring (bicyclic) bond motifs is 3. The molecule has 2 heterocycles. The molecule has 0 fully saturated rings. The second-order valence-corrected chi connectivity index (χ2v) is 9.10. The van der Waals surface area contributed by atoms with Crippen molar-refractivity contribution in [3.63, 3.8) is 0 Å². The zero-order chi connectivity index (χ0) is 24.2. The van der Waals surface area contributed by atoms with Crippen LogP contribution in [0, 0.1) is 6.92 Å². The van der Waals surface area contributed by atoms with Crippen molar-refractivity contribution < 1.29 is 14.2 Å². The number of hydrogen-bond acceptors (Lipinski definition) is 6. The van der Waals surface area contributed by atoms with Gasteiger partial charge in [0.25, 0.3) is 5.56 Å². The standard InChI is InChI=1S/C28H26N2O4S/c1-3-32-25-17-20(13-14-24(25)34-16-8-15-33-23-12-7-4-9-19(23)2)18-26-27(31)30-22-11-6-5-10-21(22)29-28(30)35-26/h4-7,9-14,17-18H,3,8,15-16H2,1-2H3. The lowest BCUT2D eigenvalue weighted by Gasteiger charge is -2.13. The van der Waals surface area contributed by atoms with Gasteiger partial charge < -0.3 is 14.2 Å². The van der Waals surface area contributed by atoms with Gasteiger partial charge in [-0.3, -0.25) is 4.79 Å². The van der Waals surface area contributed by atoms with Crippen LogP contribution in [0.15, 0.2) is 71.5 Å². The van der Waals surface area contributed by atoms with Gasteiger partial charge in [0.05, 0.1) is 35.4 Å². The molecular formula is C28H26N2O4S. The van der Waals surface area contributed by atoms with Gasteiger partial charge >= 0.3 is 0 Å². The van der Waals surface area contributed by atoms with Crippen LogP contribution in [-0.2, 0) is 0 Å². The molecule has 0 aliphatic heterocycles. The summed E-state index contributed by atoms with van der Waals surface area (Å²) in [6.45, 7) is 5.56. The van der Waals surface area contributed by atoms with Crippen molar-refractivity contribution >= 4 is 33.4 Å². The molecule has 0 saturated carbocycles. The highest BCUT2D eigenvalue weighted by Crippen LogP contribution is 2.29. The number of aryl methyl sites for hydroxylation is 1. The van der Waals surface area contributed by atoms with Crippen LogP contribution in [-0.4, -0.2) is 29.2 Å². The molecule has 35 heavy (non-hydrogen) atoms. The van der Waals surface area contributed by atoms with E-state index in [0.29, 0.717) is 40.8 Å². The van der Waals surface area contributed by atoms with Crippen molar-refractivity contribution in [3.05, 3.63) is 92.7 Å². The summed E-state index contributed by atoms with van der Waals surface area (Å²) in [7, 11) is 0. The Morgan fingerprint density at radius 2 is 1.69 bits per heavy atom. The predicted molar refractivity (Wildman–Crippen MR) is 140 cm³/mol. The fraction of sp³-hybridized carbons (Fsp3) is 0.214. The van der Waals surface area contributed by atoms with E-state index in [9.17, 15) is 4.79 Å². The number of hydrogen-bond donors (Lipinski definition) is 0. The van der Waals surface area contributed by atoms with E-state index >= 15 is 0 Å². The van der Waals surface area contributed by atoms with Gasteiger partial charge in [-0.2, -0.15) is 0 Å². The average Bonchev–Trinajstić information content (AvgIpc) is 3.37. The van der Waals surface area contributed by atoms with Crippen LogP contribution in [0.25, 0.3) is 22.1 Å². The van der Waals surface area contributed by atoms with Crippen LogP contribution in [0.3, 0.4) is 0 Å². The number of benzene rings is 3. The van der Waals surface area contributed by atoms with Gasteiger partial charge in [-0.05, 0) is 61.4 Å². The highest BCUT2D eigenvalue weighted by Gasteiger charge is 2.11. The second-order valence-electron chi connectivity index (χ2n) is 8.09. The van der Waals surface area contributed by atoms with E-state index in [0.717, 1.165) is 34.3 Å². The fourth-order valence-electron chi connectivity index (χ4n) is 3.91. The molecule has 0 atom stereocenters. The van der Waals surface area contributed by atoms with Crippen molar-refractivity contribution in [2.45, 2.75) is 20.3 Å². The van der Waals surface area contributed by atoms with E-state index in [1.165, 1.54) is 11.3 Å². The van der Waals surface area contributed by atoms with Crippen molar-refractivity contribution in [3.8, 4) is 17.2 Å². The zero-order valence-electron chi connectivity index (χ0n) is 19.7. The van der Waals surface area contributed by atoms with E-state index in [1.807, 2.05) is 86.7 Å². The van der Waals surface area contributed by atoms with Crippen LogP contribution in [0.2, 0.25) is 0 Å². The number of aromatic nitrogens is 2. The Balaban J connectivity index is 1.31. The first-order valence-corrected chi connectivity index (χ1v) is 12.5. The summed E-state index contributed by atoms with van der Waals surface area (Å²) in [4.78, 5) is 18.3. The van der Waals surface area contributed by atoms with E-state index < -0.39 is 0 Å². The summed E-state index contributed by atoms with van der Waals surface area (Å²) >= 11 is 1.38. The maximum absolute atomic E-state index is 13.0. The summed E-state index contributed by atoms with van der Waals surface area (Å²) in [6, 6.07) is 21.4. The monoisotopic (exact) mass is 486 g/mol. The topological polar surface area (TPSA) is 62.1 Å². The third kappa shape index (κ3) is 4.86. The molecule has 5 aromatic rings. The molecule has 0 amide bonds. The van der Waals surface area contributed by atoms with Gasteiger partial charge in [0.1, 0.15) is 5.75 Å². The minimum absolute atomic E-state index is 0.0642. The Morgan fingerprint density at radius 1 is 0.914 bits per heavy atom. The van der Waals surface area contributed by atoms with Crippen molar-refractivity contribution in [2.75, 3.05) is 19.8 Å². The van der Waals surface area contributed by atoms with Crippen LogP contribution in [0.5, 0.6) is 17.2 Å². The normalized spacial score (nSPS) is 11.9. The summed E-state index contributed by atoms with van der Waals surface area (Å²) in [6.07, 6.45) is 2.62. The minimum Gasteiger partial charge on any atom is -0.493 e. The van der Waals surface area contributed by atoms with Crippen LogP contribution < -0.4 is 24.3 Å². The van der Waals surface area contributed by atoms with Gasteiger partial charge in [-0.1, -0.05) is 47.7 Å². The van der Waals surface area contributed by atoms with Crippen LogP contribution >= 0.6 is 11.3 Å². The predicted octanol–water partition coefficient (Wildman–Crippen LogP) is 5.01. The van der Waals surface area contributed by atoms with Gasteiger partial charge in [-0.25, -0.2) is 9.38 Å². The molecule has 0 aliphatic rings. The average molecular weight is 487 g/mol. The van der Waals surface area contributed by atoms with E-state index in [4.69, 9.17) is 14.2 Å². The van der Waals surface area contributed by atoms with Gasteiger partial charge in [-0.15, -0.1) is 0 Å². The summed E-state index contributed by atoms with van der Waals surface area (Å²) in [5, 5.41) is 0. The lowest BCUT2D eigenvalue weighted by atomic mass is 10.2. The molecule has 0 saturated heterocycles. The summed E-state index contributed by atoms with van der Waals surface area (Å²) in [5.74, 6) is 2.23. The Labute approximate surface area is 207 Å². The zero-order valence-corrected chi connectivity index (χ0v) is 20.5. The molecule has 0 aliphatic carbocycles. The highest BCUT2D eigenvalue weighted by atomic mass is 32.1. The molecule has 178 valence electrons. The van der Waals surface area contributed by atoms with Crippen LogP contribution in [0.1, 0.15) is 24.5 Å². The number of para-hydroxylation sites is 3. The number of ether oxygens (including phenoxy) is 3. The Kier molecular flexibility index (Phi) is 6.68. The van der Waals surface area contributed by atoms with Crippen molar-refractivity contribution in [1.82, 2.24) is 9.38 Å². The Hall–Kier alpha value is -3.84. The van der Waals surface area contributed by atoms with Gasteiger partial charge in [0.15, 0.2) is 16.5 Å². The van der Waals surface area contributed by atoms with Crippen LogP contribution in [0.4, 0.5) is 0 Å². The molecule has 5 rings (SSSR count). The lowest BCUT2D eigenvalue weighted by Crippen LogP contribution is -2.22. The largest absolute Gasteiger partial charge is 0.493 e. The Morgan fingerprint density at radius 3 is 2.51 bits per heavy atom. The van der Waals surface area contributed by atoms with Gasteiger partial charge in [0, 0.05) is 6.42 Å². The lowest BCUT2D eigenvalue weighted by molar-refractivity contribution is 0.235. The smallest absolute Gasteiger partial charge is 0.274 e. The molecule has 2 aromatic heterocycles. The maximum atomic E-state index is 13.0. The molecule has 0 spiro atoms. The Bertz CT molecular complexity index is 1590. The highest BCUT2D eigenvalue weighted by molar-refractivity contribution is 7.15. The third-order valence-corrected chi connectivity index (χ3v) is 6.58. The SMILES string of the molecule is CCOc1cc(C=c2sc3nc4ccccc4n3c2=O)ccc1OCCCOc1ccccc1C. The molecule has 0 radical (unpaired) electrons. The number of rotatable bonds is 9. The molecule has 3 aromatic carbocycles. The summed E-state index contributed by atoms with van der Waals surface area (Å²) in [5.41, 5.74) is 3.58. The first kappa shape index (κ1) is 22.9. The molecular weight excluding hydrogens is 460 g/mol. The van der Waals surface area contributed by atoms with E-state index in [-0.39, 0.29) is 5.56 Å². The maximum Gasteiger partial charge on any atom is 0.274 e. The number of thiazole rings is 1. The molecule has 0 N–H and O–H groups in total. The molecule has 0 bridgehead atoms. The van der Waals surface area contributed by atoms with Crippen molar-refractivity contribution in [1.29, 1.82) is 0 Å². The quantitative estimate of drug-likeness (QED) is 0.274. The molecule has 6 nitrogen and oxygen atoms in total. The molecule has 7 heteroatoms. The minimum atomic E-state index is -0.0642. The van der Waals surface area contributed by atoms with Crippen molar-refractivity contribution in [2.24, 2.45) is 0 Å². The second kappa shape index (κ2) is 10.2. The number of nitrogens with zero attached hydrogens (tertiary/aromatic N) is 2. The number of imidazole rings is 1. The fourth-order valence-corrected chi connectivity index (χ4v) is 4.89. The first-order chi connectivity index (χ1) is 17.1. The molecule has 0 unspecified atom stereocenters. The first-order valence-electron chi connectivity index (χ1n) is 11.6. The van der Waals surface area contributed by atoms with E-state index in [1.54, 1.807) is 4.40 Å². The third-order valence-electron chi connectivity index (χ3n) is 5.61.